The van der Waals surface area contributed by atoms with Crippen molar-refractivity contribution in [1.29, 1.82) is 0 Å². The molecule has 0 aliphatic carbocycles. The first-order valence-corrected chi connectivity index (χ1v) is 8.61. The van der Waals surface area contributed by atoms with Crippen LogP contribution in [0.25, 0.3) is 0 Å². The Morgan fingerprint density at radius 2 is 2.14 bits per heavy atom. The SMILES string of the molecule is CCSc1cc(C(=O)N2CCC(CC)(CO)CC2)ccn1. The summed E-state index contributed by atoms with van der Waals surface area (Å²) >= 11 is 1.65. The molecule has 0 atom stereocenters. The van der Waals surface area contributed by atoms with Crippen LogP contribution in [0.4, 0.5) is 0 Å². The molecule has 1 aliphatic rings. The van der Waals surface area contributed by atoms with Crippen molar-refractivity contribution in [2.45, 2.75) is 38.1 Å². The second-order valence-electron chi connectivity index (χ2n) is 5.62. The lowest BCUT2D eigenvalue weighted by Crippen LogP contribution is -2.44. The molecule has 1 fully saturated rings. The zero-order chi connectivity index (χ0) is 15.3. The van der Waals surface area contributed by atoms with E-state index < -0.39 is 0 Å². The number of aliphatic hydroxyl groups excluding tert-OH is 1. The number of hydrogen-bond acceptors (Lipinski definition) is 4. The standard InChI is InChI=1S/C16H24N2O2S/c1-3-16(12-19)6-9-18(10-7-16)15(20)13-5-8-17-14(11-13)21-4-2/h5,8,11,19H,3-4,6-7,9-10,12H2,1-2H3. The van der Waals surface area contributed by atoms with E-state index in [1.807, 2.05) is 11.0 Å². The minimum Gasteiger partial charge on any atom is -0.396 e. The summed E-state index contributed by atoms with van der Waals surface area (Å²) in [6.45, 7) is 5.87. The predicted octanol–water partition coefficient (Wildman–Crippen LogP) is 2.82. The molecule has 0 bridgehead atoms. The average Bonchev–Trinajstić information content (AvgIpc) is 2.55. The number of pyridine rings is 1. The smallest absolute Gasteiger partial charge is 0.254 e. The van der Waals surface area contributed by atoms with E-state index in [2.05, 4.69) is 18.8 Å². The predicted molar refractivity (Wildman–Crippen MR) is 85.6 cm³/mol. The fourth-order valence-corrected chi connectivity index (χ4v) is 3.40. The molecule has 5 heteroatoms. The summed E-state index contributed by atoms with van der Waals surface area (Å²) in [4.78, 5) is 18.7. The van der Waals surface area contributed by atoms with Gasteiger partial charge in [-0.2, -0.15) is 0 Å². The van der Waals surface area contributed by atoms with Crippen molar-refractivity contribution >= 4 is 17.7 Å². The number of carbonyl (C=O) groups is 1. The molecular formula is C16H24N2O2S. The number of aliphatic hydroxyl groups is 1. The van der Waals surface area contributed by atoms with Gasteiger partial charge in [0.2, 0.25) is 0 Å². The van der Waals surface area contributed by atoms with Crippen molar-refractivity contribution in [1.82, 2.24) is 9.88 Å². The molecule has 0 saturated carbocycles. The van der Waals surface area contributed by atoms with Crippen molar-refractivity contribution < 1.29 is 9.90 Å². The van der Waals surface area contributed by atoms with Crippen molar-refractivity contribution in [3.8, 4) is 0 Å². The molecule has 1 N–H and O–H groups in total. The second-order valence-corrected chi connectivity index (χ2v) is 6.90. The normalized spacial score (nSPS) is 17.8. The number of rotatable bonds is 5. The molecule has 1 aromatic heterocycles. The number of carbonyl (C=O) groups excluding carboxylic acids is 1. The summed E-state index contributed by atoms with van der Waals surface area (Å²) in [6, 6.07) is 3.67. The molecule has 2 heterocycles. The zero-order valence-electron chi connectivity index (χ0n) is 12.8. The maximum absolute atomic E-state index is 12.6. The van der Waals surface area contributed by atoms with Gasteiger partial charge >= 0.3 is 0 Å². The summed E-state index contributed by atoms with van der Waals surface area (Å²) in [5, 5.41) is 10.5. The Labute approximate surface area is 130 Å². The lowest BCUT2D eigenvalue weighted by atomic mass is 9.77. The van der Waals surface area contributed by atoms with Crippen LogP contribution in [0.3, 0.4) is 0 Å². The topological polar surface area (TPSA) is 53.4 Å². The molecule has 2 rings (SSSR count). The molecule has 0 spiro atoms. The van der Waals surface area contributed by atoms with E-state index in [4.69, 9.17) is 0 Å². The summed E-state index contributed by atoms with van der Waals surface area (Å²) in [5.74, 6) is 1.03. The number of aromatic nitrogens is 1. The minimum absolute atomic E-state index is 0.0121. The van der Waals surface area contributed by atoms with Gasteiger partial charge in [0.05, 0.1) is 5.03 Å². The van der Waals surface area contributed by atoms with E-state index >= 15 is 0 Å². The van der Waals surface area contributed by atoms with Crippen molar-refractivity contribution in [2.75, 3.05) is 25.4 Å². The van der Waals surface area contributed by atoms with Crippen molar-refractivity contribution in [3.05, 3.63) is 23.9 Å². The minimum atomic E-state index is 0.0121. The van der Waals surface area contributed by atoms with Crippen LogP contribution in [-0.4, -0.2) is 46.3 Å². The van der Waals surface area contributed by atoms with Crippen LogP contribution in [0.2, 0.25) is 0 Å². The quantitative estimate of drug-likeness (QED) is 0.850. The van der Waals surface area contributed by atoms with Crippen LogP contribution >= 0.6 is 11.8 Å². The van der Waals surface area contributed by atoms with E-state index in [0.29, 0.717) is 5.56 Å². The highest BCUT2D eigenvalue weighted by atomic mass is 32.2. The first kappa shape index (κ1) is 16.3. The summed E-state index contributed by atoms with van der Waals surface area (Å²) in [5.41, 5.74) is 0.729. The third-order valence-electron chi connectivity index (χ3n) is 4.47. The first-order chi connectivity index (χ1) is 10.1. The number of amides is 1. The summed E-state index contributed by atoms with van der Waals surface area (Å²) in [7, 11) is 0. The lowest BCUT2D eigenvalue weighted by molar-refractivity contribution is 0.0338. The Hall–Kier alpha value is -1.07. The fraction of sp³-hybridized carbons (Fsp3) is 0.625. The second kappa shape index (κ2) is 7.27. The van der Waals surface area contributed by atoms with Gasteiger partial charge in [-0.1, -0.05) is 13.8 Å². The number of nitrogens with zero attached hydrogens (tertiary/aromatic N) is 2. The molecule has 1 aromatic rings. The maximum atomic E-state index is 12.6. The lowest BCUT2D eigenvalue weighted by Gasteiger charge is -2.40. The van der Waals surface area contributed by atoms with Crippen LogP contribution in [-0.2, 0) is 0 Å². The number of thioether (sulfide) groups is 1. The Morgan fingerprint density at radius 3 is 2.71 bits per heavy atom. The molecule has 0 unspecified atom stereocenters. The van der Waals surface area contributed by atoms with Crippen LogP contribution in [0.1, 0.15) is 43.5 Å². The Bertz CT molecular complexity index is 479. The molecular weight excluding hydrogens is 284 g/mol. The van der Waals surface area contributed by atoms with E-state index in [1.54, 1.807) is 24.0 Å². The molecule has 116 valence electrons. The van der Waals surface area contributed by atoms with Crippen molar-refractivity contribution in [3.63, 3.8) is 0 Å². The van der Waals surface area contributed by atoms with Gasteiger partial charge in [-0.15, -0.1) is 11.8 Å². The highest BCUT2D eigenvalue weighted by Gasteiger charge is 2.34. The third kappa shape index (κ3) is 3.77. The fourth-order valence-electron chi connectivity index (χ4n) is 2.76. The largest absolute Gasteiger partial charge is 0.396 e. The monoisotopic (exact) mass is 308 g/mol. The number of likely N-dealkylation sites (tertiary alicyclic amines) is 1. The van der Waals surface area contributed by atoms with Crippen molar-refractivity contribution in [2.24, 2.45) is 5.41 Å². The maximum Gasteiger partial charge on any atom is 0.254 e. The van der Waals surface area contributed by atoms with Gasteiger partial charge < -0.3 is 10.0 Å². The van der Waals surface area contributed by atoms with Gasteiger partial charge in [-0.05, 0) is 42.6 Å². The molecule has 0 radical (unpaired) electrons. The van der Waals surface area contributed by atoms with E-state index in [9.17, 15) is 9.90 Å². The van der Waals surface area contributed by atoms with Crippen LogP contribution < -0.4 is 0 Å². The van der Waals surface area contributed by atoms with Gasteiger partial charge in [0.25, 0.3) is 5.91 Å². The summed E-state index contributed by atoms with van der Waals surface area (Å²) in [6.07, 6.45) is 4.44. The van der Waals surface area contributed by atoms with Gasteiger partial charge in [0.15, 0.2) is 0 Å². The Morgan fingerprint density at radius 1 is 1.43 bits per heavy atom. The van der Waals surface area contributed by atoms with E-state index in [-0.39, 0.29) is 17.9 Å². The van der Waals surface area contributed by atoms with Crippen LogP contribution in [0, 0.1) is 5.41 Å². The number of hydrogen-bond donors (Lipinski definition) is 1. The molecule has 21 heavy (non-hydrogen) atoms. The van der Waals surface area contributed by atoms with E-state index in [0.717, 1.165) is 43.1 Å². The molecule has 0 aromatic carbocycles. The number of piperidine rings is 1. The highest BCUT2D eigenvalue weighted by molar-refractivity contribution is 7.99. The van der Waals surface area contributed by atoms with Crippen LogP contribution in [0.5, 0.6) is 0 Å². The first-order valence-electron chi connectivity index (χ1n) is 7.63. The zero-order valence-corrected chi connectivity index (χ0v) is 13.7. The molecule has 1 amide bonds. The third-order valence-corrected chi connectivity index (χ3v) is 5.28. The molecule has 4 nitrogen and oxygen atoms in total. The Kier molecular flexibility index (Phi) is 5.65. The van der Waals surface area contributed by atoms with Gasteiger partial charge in [-0.25, -0.2) is 4.98 Å². The van der Waals surface area contributed by atoms with Gasteiger partial charge in [0, 0.05) is 31.5 Å². The van der Waals surface area contributed by atoms with E-state index in [1.165, 1.54) is 0 Å². The molecule has 1 aliphatic heterocycles. The van der Waals surface area contributed by atoms with Crippen LogP contribution in [0.15, 0.2) is 23.4 Å². The Balaban J connectivity index is 2.03. The highest BCUT2D eigenvalue weighted by Crippen LogP contribution is 2.34. The molecule has 1 saturated heterocycles. The van der Waals surface area contributed by atoms with Gasteiger partial charge in [-0.3, -0.25) is 4.79 Å². The summed E-state index contributed by atoms with van der Waals surface area (Å²) < 4.78 is 0. The van der Waals surface area contributed by atoms with Gasteiger partial charge in [0.1, 0.15) is 0 Å². The average molecular weight is 308 g/mol.